The average Bonchev–Trinajstić information content (AvgIpc) is 2.79. The Hall–Kier alpha value is -0.700. The SMILES string of the molecule is CN1CCC(CN)CC1.COC(=O)CCBr.COC(=O)CCCCC1CCN(C)CC1. The Bertz CT molecular complexity index is 452. The highest BCUT2D eigenvalue weighted by Gasteiger charge is 2.16. The largest absolute Gasteiger partial charge is 0.469 e. The summed E-state index contributed by atoms with van der Waals surface area (Å²) >= 11 is 3.09. The molecule has 2 saturated heterocycles. The van der Waals surface area contributed by atoms with Gasteiger partial charge < -0.3 is 25.0 Å². The van der Waals surface area contributed by atoms with Crippen LogP contribution in [0.4, 0.5) is 0 Å². The molecule has 2 aliphatic heterocycles. The predicted molar refractivity (Wildman–Crippen MR) is 130 cm³/mol. The summed E-state index contributed by atoms with van der Waals surface area (Å²) in [7, 11) is 7.20. The molecule has 0 aromatic rings. The number of nitrogens with zero attached hydrogens (tertiary/aromatic N) is 2. The van der Waals surface area contributed by atoms with Crippen molar-refractivity contribution in [3.63, 3.8) is 0 Å². The molecule has 0 aromatic carbocycles. The maximum Gasteiger partial charge on any atom is 0.306 e. The number of carbonyl (C=O) groups excluding carboxylic acids is 2. The van der Waals surface area contributed by atoms with Crippen molar-refractivity contribution in [3.8, 4) is 0 Å². The first-order chi connectivity index (χ1) is 14.9. The minimum Gasteiger partial charge on any atom is -0.469 e. The zero-order chi connectivity index (χ0) is 23.5. The van der Waals surface area contributed by atoms with E-state index >= 15 is 0 Å². The van der Waals surface area contributed by atoms with E-state index in [0.717, 1.165) is 24.8 Å². The molecule has 0 bridgehead atoms. The minimum absolute atomic E-state index is 0.0709. The maximum absolute atomic E-state index is 10.9. The van der Waals surface area contributed by atoms with Gasteiger partial charge in [0, 0.05) is 11.8 Å². The molecule has 0 radical (unpaired) electrons. The van der Waals surface area contributed by atoms with E-state index in [9.17, 15) is 9.59 Å². The van der Waals surface area contributed by atoms with Gasteiger partial charge >= 0.3 is 11.9 Å². The van der Waals surface area contributed by atoms with Crippen LogP contribution in [0.5, 0.6) is 0 Å². The summed E-state index contributed by atoms with van der Waals surface area (Å²) in [6.07, 6.45) is 9.73. The van der Waals surface area contributed by atoms with Crippen LogP contribution < -0.4 is 5.73 Å². The summed E-state index contributed by atoms with van der Waals surface area (Å²) in [5.41, 5.74) is 5.53. The molecule has 184 valence electrons. The third kappa shape index (κ3) is 17.5. The second kappa shape index (κ2) is 19.9. The van der Waals surface area contributed by atoms with E-state index in [0.29, 0.717) is 18.2 Å². The molecule has 0 atom stereocenters. The number of esters is 2. The van der Waals surface area contributed by atoms with Crippen LogP contribution in [0.15, 0.2) is 0 Å². The first-order valence-corrected chi connectivity index (χ1v) is 12.7. The van der Waals surface area contributed by atoms with Crippen LogP contribution in [0.25, 0.3) is 0 Å². The number of unbranched alkanes of at least 4 members (excludes halogenated alkanes) is 1. The van der Waals surface area contributed by atoms with Crippen LogP contribution in [0.1, 0.15) is 57.8 Å². The molecule has 0 saturated carbocycles. The van der Waals surface area contributed by atoms with Crippen LogP contribution >= 0.6 is 15.9 Å². The van der Waals surface area contributed by atoms with Gasteiger partial charge in [-0.25, -0.2) is 0 Å². The number of likely N-dealkylation sites (tertiary alicyclic amines) is 2. The number of ether oxygens (including phenoxy) is 2. The highest BCUT2D eigenvalue weighted by Crippen LogP contribution is 2.22. The van der Waals surface area contributed by atoms with Crippen molar-refractivity contribution in [1.82, 2.24) is 9.80 Å². The molecule has 2 rings (SSSR count). The number of rotatable bonds is 8. The Kier molecular flexibility index (Phi) is 19.5. The topological polar surface area (TPSA) is 85.1 Å². The lowest BCUT2D eigenvalue weighted by molar-refractivity contribution is -0.141. The zero-order valence-corrected chi connectivity index (χ0v) is 21.8. The number of carbonyl (C=O) groups is 2. The Labute approximate surface area is 198 Å². The van der Waals surface area contributed by atoms with E-state index in [4.69, 9.17) is 5.73 Å². The summed E-state index contributed by atoms with van der Waals surface area (Å²) in [6, 6.07) is 0. The third-order valence-corrected chi connectivity index (χ3v) is 6.40. The number of halogens is 1. The molecule has 31 heavy (non-hydrogen) atoms. The molecule has 0 unspecified atom stereocenters. The highest BCUT2D eigenvalue weighted by molar-refractivity contribution is 9.09. The Balaban J connectivity index is 0.000000479. The molecule has 0 aromatic heterocycles. The van der Waals surface area contributed by atoms with Gasteiger partial charge in [0.1, 0.15) is 0 Å². The number of nitrogens with two attached hydrogens (primary N) is 1. The number of hydrogen-bond acceptors (Lipinski definition) is 7. The van der Waals surface area contributed by atoms with E-state index in [1.54, 1.807) is 0 Å². The quantitative estimate of drug-likeness (QED) is 0.306. The summed E-state index contributed by atoms with van der Waals surface area (Å²) in [5.74, 6) is 1.45. The van der Waals surface area contributed by atoms with E-state index in [1.165, 1.54) is 78.9 Å². The van der Waals surface area contributed by atoms with Gasteiger partial charge in [0.2, 0.25) is 0 Å². The number of hydrogen-bond donors (Lipinski definition) is 1. The van der Waals surface area contributed by atoms with Gasteiger partial charge in [-0.15, -0.1) is 0 Å². The molecular weight excluding hydrogens is 462 g/mol. The molecule has 0 aliphatic carbocycles. The van der Waals surface area contributed by atoms with Crippen molar-refractivity contribution < 1.29 is 19.1 Å². The Morgan fingerprint density at radius 1 is 0.839 bits per heavy atom. The first kappa shape index (κ1) is 30.3. The highest BCUT2D eigenvalue weighted by atomic mass is 79.9. The Morgan fingerprint density at radius 3 is 1.68 bits per heavy atom. The monoisotopic (exact) mass is 507 g/mol. The van der Waals surface area contributed by atoms with Crippen molar-refractivity contribution in [1.29, 1.82) is 0 Å². The predicted octanol–water partition coefficient (Wildman–Crippen LogP) is 3.29. The lowest BCUT2D eigenvalue weighted by atomic mass is 9.91. The lowest BCUT2D eigenvalue weighted by Crippen LogP contribution is -2.33. The van der Waals surface area contributed by atoms with Crippen molar-refractivity contribution in [3.05, 3.63) is 0 Å². The second-order valence-corrected chi connectivity index (χ2v) is 9.36. The van der Waals surface area contributed by atoms with Gasteiger partial charge in [-0.3, -0.25) is 9.59 Å². The summed E-state index contributed by atoms with van der Waals surface area (Å²) < 4.78 is 8.93. The van der Waals surface area contributed by atoms with E-state index in [-0.39, 0.29) is 11.9 Å². The van der Waals surface area contributed by atoms with Gasteiger partial charge in [0.05, 0.1) is 20.6 Å². The molecule has 2 fully saturated rings. The van der Waals surface area contributed by atoms with Crippen LogP contribution in [-0.2, 0) is 19.1 Å². The zero-order valence-electron chi connectivity index (χ0n) is 20.2. The molecule has 0 spiro atoms. The van der Waals surface area contributed by atoms with Crippen molar-refractivity contribution in [2.75, 3.05) is 66.4 Å². The lowest BCUT2D eigenvalue weighted by Gasteiger charge is -2.28. The van der Waals surface area contributed by atoms with Gasteiger partial charge in [-0.1, -0.05) is 28.8 Å². The molecule has 0 amide bonds. The van der Waals surface area contributed by atoms with Crippen LogP contribution in [0.2, 0.25) is 0 Å². The van der Waals surface area contributed by atoms with Gasteiger partial charge in [0.15, 0.2) is 0 Å². The number of piperidine rings is 2. The summed E-state index contributed by atoms with van der Waals surface area (Å²) in [4.78, 5) is 25.8. The molecular formula is C23H46BrN3O4. The Morgan fingerprint density at radius 2 is 1.29 bits per heavy atom. The molecule has 2 aliphatic rings. The average molecular weight is 509 g/mol. The third-order valence-electron chi connectivity index (χ3n) is 6.01. The molecule has 7 nitrogen and oxygen atoms in total. The molecule has 2 heterocycles. The summed E-state index contributed by atoms with van der Waals surface area (Å²) in [5, 5.41) is 0.680. The number of methoxy groups -OCH3 is 2. The van der Waals surface area contributed by atoms with E-state index < -0.39 is 0 Å². The van der Waals surface area contributed by atoms with E-state index in [2.05, 4.69) is 49.3 Å². The van der Waals surface area contributed by atoms with E-state index in [1.807, 2.05) is 0 Å². The first-order valence-electron chi connectivity index (χ1n) is 11.6. The normalized spacial score (nSPS) is 18.3. The van der Waals surface area contributed by atoms with Crippen LogP contribution in [0.3, 0.4) is 0 Å². The molecule has 8 heteroatoms. The number of alkyl halides is 1. The second-order valence-electron chi connectivity index (χ2n) is 8.57. The maximum atomic E-state index is 10.9. The van der Waals surface area contributed by atoms with Gasteiger partial charge in [-0.2, -0.15) is 0 Å². The van der Waals surface area contributed by atoms with Crippen molar-refractivity contribution >= 4 is 27.9 Å². The standard InChI is InChI=1S/C12H23NO2.C7H16N2.C4H7BrO2/c1-13-9-7-11(8-10-13)5-3-4-6-12(14)15-2;1-9-4-2-7(6-8)3-5-9;1-7-4(6)2-3-5/h11H,3-10H2,1-2H3;7H,2-6,8H2,1H3;2-3H2,1H3. The van der Waals surface area contributed by atoms with Gasteiger partial charge in [-0.05, 0) is 90.8 Å². The van der Waals surface area contributed by atoms with Crippen molar-refractivity contribution in [2.24, 2.45) is 17.6 Å². The smallest absolute Gasteiger partial charge is 0.306 e. The van der Waals surface area contributed by atoms with Crippen LogP contribution in [0, 0.1) is 11.8 Å². The fraction of sp³-hybridized carbons (Fsp3) is 0.913. The van der Waals surface area contributed by atoms with Crippen molar-refractivity contribution in [2.45, 2.75) is 57.8 Å². The fourth-order valence-corrected chi connectivity index (χ4v) is 3.96. The minimum atomic E-state index is -0.170. The molecule has 2 N–H and O–H groups in total. The van der Waals surface area contributed by atoms with Crippen LogP contribution in [-0.4, -0.2) is 88.1 Å². The fourth-order valence-electron chi connectivity index (χ4n) is 3.63. The van der Waals surface area contributed by atoms with Gasteiger partial charge in [0.25, 0.3) is 0 Å². The summed E-state index contributed by atoms with van der Waals surface area (Å²) in [6.45, 7) is 5.83.